The Morgan fingerprint density at radius 2 is 2.08 bits per heavy atom. The van der Waals surface area contributed by atoms with Gasteiger partial charge in [-0.2, -0.15) is 0 Å². The lowest BCUT2D eigenvalue weighted by molar-refractivity contribution is 0.475. The van der Waals surface area contributed by atoms with Crippen LogP contribution in [0.2, 0.25) is 5.02 Å². The first-order valence-electron chi connectivity index (χ1n) is 3.77. The van der Waals surface area contributed by atoms with Gasteiger partial charge in [-0.25, -0.2) is 0 Å². The van der Waals surface area contributed by atoms with E-state index in [1.165, 1.54) is 0 Å². The minimum Gasteiger partial charge on any atom is -0.506 e. The topological polar surface area (TPSA) is 20.2 Å². The number of hydrogen-bond donors (Lipinski definition) is 1. The molecule has 0 heterocycles. The number of alkyl halides is 1. The van der Waals surface area contributed by atoms with Gasteiger partial charge in [0.1, 0.15) is 5.75 Å². The van der Waals surface area contributed by atoms with Gasteiger partial charge in [0.05, 0.1) is 5.02 Å². The van der Waals surface area contributed by atoms with Crippen LogP contribution < -0.4 is 0 Å². The van der Waals surface area contributed by atoms with Crippen molar-refractivity contribution in [3.05, 3.63) is 28.8 Å². The highest BCUT2D eigenvalue weighted by molar-refractivity contribution is 6.32. The van der Waals surface area contributed by atoms with Crippen LogP contribution in [0.4, 0.5) is 0 Å². The zero-order chi connectivity index (χ0) is 8.97. The Balaban J connectivity index is 2.69. The number of halogens is 2. The van der Waals surface area contributed by atoms with Gasteiger partial charge in [-0.3, -0.25) is 0 Å². The van der Waals surface area contributed by atoms with Gasteiger partial charge in [0, 0.05) is 5.88 Å². The molecular formula is C9H10Cl2O. The van der Waals surface area contributed by atoms with Crippen molar-refractivity contribution in [3.63, 3.8) is 0 Å². The lowest BCUT2D eigenvalue weighted by Crippen LogP contribution is -1.85. The molecule has 1 rings (SSSR count). The Labute approximate surface area is 81.9 Å². The van der Waals surface area contributed by atoms with Crippen LogP contribution in [0, 0.1) is 0 Å². The van der Waals surface area contributed by atoms with Crippen LogP contribution in [0.5, 0.6) is 5.75 Å². The molecule has 0 saturated heterocycles. The molecule has 0 spiro atoms. The predicted molar refractivity (Wildman–Crippen MR) is 52.2 cm³/mol. The quantitative estimate of drug-likeness (QED) is 0.751. The maximum Gasteiger partial charge on any atom is 0.134 e. The number of aryl methyl sites for hydroxylation is 1. The average Bonchev–Trinajstić information content (AvgIpc) is 2.07. The smallest absolute Gasteiger partial charge is 0.134 e. The summed E-state index contributed by atoms with van der Waals surface area (Å²) in [4.78, 5) is 0. The largest absolute Gasteiger partial charge is 0.506 e. The first-order chi connectivity index (χ1) is 5.74. The van der Waals surface area contributed by atoms with E-state index in [9.17, 15) is 0 Å². The van der Waals surface area contributed by atoms with Crippen LogP contribution in [0.25, 0.3) is 0 Å². The molecule has 0 aliphatic rings. The molecule has 0 atom stereocenters. The highest BCUT2D eigenvalue weighted by atomic mass is 35.5. The second-order valence-electron chi connectivity index (χ2n) is 2.58. The number of benzene rings is 1. The Bertz CT molecular complexity index is 261. The molecule has 0 fully saturated rings. The molecule has 0 aliphatic carbocycles. The van der Waals surface area contributed by atoms with Gasteiger partial charge in [0.2, 0.25) is 0 Å². The number of phenolic OH excluding ortho intramolecular Hbond substituents is 1. The van der Waals surface area contributed by atoms with Crippen LogP contribution in [-0.2, 0) is 6.42 Å². The summed E-state index contributed by atoms with van der Waals surface area (Å²) in [6.07, 6.45) is 1.84. The maximum absolute atomic E-state index is 9.11. The summed E-state index contributed by atoms with van der Waals surface area (Å²) in [6.45, 7) is 0. The molecule has 0 radical (unpaired) electrons. The first-order valence-corrected chi connectivity index (χ1v) is 4.68. The fourth-order valence-corrected chi connectivity index (χ4v) is 1.31. The van der Waals surface area contributed by atoms with Gasteiger partial charge in [0.15, 0.2) is 0 Å². The molecule has 1 aromatic rings. The standard InChI is InChI=1S/C9H10Cl2O/c10-5-1-2-7-3-4-9(12)8(11)6-7/h3-4,6,12H,1-2,5H2. The molecule has 3 heteroatoms. The molecule has 12 heavy (non-hydrogen) atoms. The molecule has 0 aliphatic heterocycles. The van der Waals surface area contributed by atoms with Crippen molar-refractivity contribution in [2.45, 2.75) is 12.8 Å². The number of phenols is 1. The summed E-state index contributed by atoms with van der Waals surface area (Å²) in [7, 11) is 0. The zero-order valence-electron chi connectivity index (χ0n) is 6.56. The molecule has 1 N–H and O–H groups in total. The summed E-state index contributed by atoms with van der Waals surface area (Å²) < 4.78 is 0. The van der Waals surface area contributed by atoms with Crippen LogP contribution in [-0.4, -0.2) is 11.0 Å². The molecular weight excluding hydrogens is 195 g/mol. The van der Waals surface area contributed by atoms with Crippen molar-refractivity contribution in [2.24, 2.45) is 0 Å². The van der Waals surface area contributed by atoms with Crippen molar-refractivity contribution in [3.8, 4) is 5.75 Å². The van der Waals surface area contributed by atoms with Crippen LogP contribution >= 0.6 is 23.2 Å². The number of rotatable bonds is 3. The fraction of sp³-hybridized carbons (Fsp3) is 0.333. The van der Waals surface area contributed by atoms with Crippen molar-refractivity contribution in [1.82, 2.24) is 0 Å². The maximum atomic E-state index is 9.11. The van der Waals surface area contributed by atoms with E-state index in [1.807, 2.05) is 6.07 Å². The summed E-state index contributed by atoms with van der Waals surface area (Å²) in [6, 6.07) is 5.23. The SMILES string of the molecule is Oc1ccc(CCCCl)cc1Cl. The van der Waals surface area contributed by atoms with Gasteiger partial charge in [0.25, 0.3) is 0 Å². The van der Waals surface area contributed by atoms with E-state index < -0.39 is 0 Å². The van der Waals surface area contributed by atoms with Crippen molar-refractivity contribution < 1.29 is 5.11 Å². The minimum atomic E-state index is 0.131. The minimum absolute atomic E-state index is 0.131. The van der Waals surface area contributed by atoms with E-state index >= 15 is 0 Å². The monoisotopic (exact) mass is 204 g/mol. The second-order valence-corrected chi connectivity index (χ2v) is 3.36. The molecule has 0 unspecified atom stereocenters. The van der Waals surface area contributed by atoms with Gasteiger partial charge in [-0.05, 0) is 30.5 Å². The second kappa shape index (κ2) is 4.58. The molecule has 0 aromatic heterocycles. The van der Waals surface area contributed by atoms with E-state index in [1.54, 1.807) is 12.1 Å². The van der Waals surface area contributed by atoms with E-state index in [2.05, 4.69) is 0 Å². The summed E-state index contributed by atoms with van der Waals surface area (Å²) >= 11 is 11.2. The summed E-state index contributed by atoms with van der Waals surface area (Å²) in [5, 5.41) is 9.52. The molecule has 1 nitrogen and oxygen atoms in total. The predicted octanol–water partition coefficient (Wildman–Crippen LogP) is 3.22. The first kappa shape index (κ1) is 9.69. The number of aromatic hydroxyl groups is 1. The summed E-state index contributed by atoms with van der Waals surface area (Å²) in [5.41, 5.74) is 1.11. The lowest BCUT2D eigenvalue weighted by atomic mass is 10.1. The van der Waals surface area contributed by atoms with Gasteiger partial charge >= 0.3 is 0 Å². The molecule has 1 aromatic carbocycles. The van der Waals surface area contributed by atoms with Gasteiger partial charge < -0.3 is 5.11 Å². The van der Waals surface area contributed by atoms with Crippen molar-refractivity contribution in [2.75, 3.05) is 5.88 Å². The van der Waals surface area contributed by atoms with Gasteiger partial charge in [-0.15, -0.1) is 11.6 Å². The molecule has 0 bridgehead atoms. The van der Waals surface area contributed by atoms with Crippen LogP contribution in [0.3, 0.4) is 0 Å². The van der Waals surface area contributed by atoms with Crippen molar-refractivity contribution >= 4 is 23.2 Å². The third kappa shape index (κ3) is 2.58. The van der Waals surface area contributed by atoms with E-state index in [4.69, 9.17) is 28.3 Å². The third-order valence-electron chi connectivity index (χ3n) is 1.61. The van der Waals surface area contributed by atoms with E-state index in [-0.39, 0.29) is 5.75 Å². The van der Waals surface area contributed by atoms with E-state index in [0.717, 1.165) is 18.4 Å². The molecule has 66 valence electrons. The van der Waals surface area contributed by atoms with Crippen LogP contribution in [0.15, 0.2) is 18.2 Å². The zero-order valence-corrected chi connectivity index (χ0v) is 8.07. The average molecular weight is 205 g/mol. The Hall–Kier alpha value is -0.400. The number of hydrogen-bond acceptors (Lipinski definition) is 1. The fourth-order valence-electron chi connectivity index (χ4n) is 0.977. The summed E-state index contributed by atoms with van der Waals surface area (Å²) in [5.74, 6) is 0.782. The molecule has 0 saturated carbocycles. The Morgan fingerprint density at radius 3 is 2.67 bits per heavy atom. The van der Waals surface area contributed by atoms with E-state index in [0.29, 0.717) is 10.9 Å². The highest BCUT2D eigenvalue weighted by Crippen LogP contribution is 2.24. The lowest BCUT2D eigenvalue weighted by Gasteiger charge is -2.01. The Kier molecular flexibility index (Phi) is 3.70. The van der Waals surface area contributed by atoms with Crippen LogP contribution in [0.1, 0.15) is 12.0 Å². The molecule has 0 amide bonds. The third-order valence-corrected chi connectivity index (χ3v) is 2.18. The normalized spacial score (nSPS) is 10.2. The van der Waals surface area contributed by atoms with Crippen molar-refractivity contribution in [1.29, 1.82) is 0 Å². The van der Waals surface area contributed by atoms with Gasteiger partial charge in [-0.1, -0.05) is 17.7 Å². The highest BCUT2D eigenvalue weighted by Gasteiger charge is 1.98. The Morgan fingerprint density at radius 1 is 1.33 bits per heavy atom.